The fraction of sp³-hybridized carbons (Fsp3) is 0.250. The number of fused-ring (bicyclic) bond motifs is 1. The molecule has 0 fully saturated rings. The van der Waals surface area contributed by atoms with Crippen molar-refractivity contribution >= 4 is 34.0 Å². The van der Waals surface area contributed by atoms with Gasteiger partial charge in [-0.3, -0.25) is 14.7 Å². The number of nitrogens with zero attached hydrogens (tertiary/aromatic N) is 3. The number of likely N-dealkylation sites (N-methyl/N-ethyl adjacent to an activating group) is 1. The highest BCUT2D eigenvalue weighted by Crippen LogP contribution is 2.37. The number of amides is 1. The zero-order chi connectivity index (χ0) is 27.3. The lowest BCUT2D eigenvalue weighted by Crippen LogP contribution is -2.28. The average Bonchev–Trinajstić information content (AvgIpc) is 2.87. The highest BCUT2D eigenvalue weighted by atomic mass is 19.4. The second-order valence-electron chi connectivity index (χ2n) is 9.01. The van der Waals surface area contributed by atoms with Gasteiger partial charge in [0.2, 0.25) is 5.91 Å². The smallest absolute Gasteiger partial charge is 0.356 e. The highest BCUT2D eigenvalue weighted by Gasteiger charge is 2.35. The Morgan fingerprint density at radius 2 is 1.95 bits per heavy atom. The zero-order valence-corrected chi connectivity index (χ0v) is 20.8. The summed E-state index contributed by atoms with van der Waals surface area (Å²) in [6.45, 7) is 4.21. The maximum atomic E-state index is 14.6. The van der Waals surface area contributed by atoms with E-state index in [1.165, 1.54) is 12.1 Å². The van der Waals surface area contributed by atoms with Crippen LogP contribution in [0.5, 0.6) is 0 Å². The van der Waals surface area contributed by atoms with E-state index in [2.05, 4.69) is 27.2 Å². The van der Waals surface area contributed by atoms with Gasteiger partial charge in [0.1, 0.15) is 5.83 Å². The van der Waals surface area contributed by atoms with Crippen molar-refractivity contribution in [3.63, 3.8) is 0 Å². The van der Waals surface area contributed by atoms with E-state index in [0.29, 0.717) is 29.7 Å². The number of pyridine rings is 2. The number of anilines is 1. The molecule has 0 atom stereocenters. The van der Waals surface area contributed by atoms with Crippen LogP contribution in [0.2, 0.25) is 0 Å². The summed E-state index contributed by atoms with van der Waals surface area (Å²) in [5.41, 5.74) is 0.536. The van der Waals surface area contributed by atoms with Gasteiger partial charge in [0, 0.05) is 54.1 Å². The molecule has 0 saturated carbocycles. The van der Waals surface area contributed by atoms with Crippen LogP contribution in [0.1, 0.15) is 23.4 Å². The fourth-order valence-electron chi connectivity index (χ4n) is 4.10. The molecule has 0 saturated heterocycles. The number of alkyl halides is 3. The van der Waals surface area contributed by atoms with E-state index in [1.807, 2.05) is 11.9 Å². The van der Waals surface area contributed by atoms with Crippen LogP contribution in [0.25, 0.3) is 22.4 Å². The average molecular weight is 526 g/mol. The number of hydrogen-bond acceptors (Lipinski definition) is 5. The maximum absolute atomic E-state index is 14.6. The Labute approximate surface area is 217 Å². The first-order chi connectivity index (χ1) is 18.1. The van der Waals surface area contributed by atoms with E-state index < -0.39 is 11.7 Å². The van der Waals surface area contributed by atoms with Crippen LogP contribution in [0.4, 0.5) is 23.2 Å². The molecule has 2 aromatic heterocycles. The van der Waals surface area contributed by atoms with Gasteiger partial charge in [0.25, 0.3) is 0 Å². The van der Waals surface area contributed by atoms with Crippen molar-refractivity contribution < 1.29 is 22.4 Å². The molecule has 198 valence electrons. The van der Waals surface area contributed by atoms with Crippen molar-refractivity contribution in [2.75, 3.05) is 32.0 Å². The van der Waals surface area contributed by atoms with Gasteiger partial charge < -0.3 is 10.6 Å². The van der Waals surface area contributed by atoms with E-state index in [0.717, 1.165) is 5.56 Å². The Morgan fingerprint density at radius 1 is 1.18 bits per heavy atom. The highest BCUT2D eigenvalue weighted by molar-refractivity contribution is 6.01. The summed E-state index contributed by atoms with van der Waals surface area (Å²) < 4.78 is 55.5. The third-order valence-corrected chi connectivity index (χ3v) is 6.11. The van der Waals surface area contributed by atoms with Crippen LogP contribution in [0.3, 0.4) is 0 Å². The largest absolute Gasteiger partial charge is 0.417 e. The molecule has 0 unspecified atom stereocenters. The summed E-state index contributed by atoms with van der Waals surface area (Å²) in [7, 11) is 1.81. The Balaban J connectivity index is 1.62. The normalized spacial score (nSPS) is 14.8. The van der Waals surface area contributed by atoms with E-state index in [1.54, 1.807) is 48.8 Å². The Bertz CT molecular complexity index is 1400. The number of rotatable bonds is 8. The molecule has 1 aliphatic heterocycles. The predicted octanol–water partition coefficient (Wildman–Crippen LogP) is 5.51. The summed E-state index contributed by atoms with van der Waals surface area (Å²) in [5.74, 6) is -0.522. The lowest BCUT2D eigenvalue weighted by atomic mass is 10.0. The molecule has 0 spiro atoms. The first-order valence-electron chi connectivity index (χ1n) is 12.0. The van der Waals surface area contributed by atoms with Crippen molar-refractivity contribution in [1.82, 2.24) is 20.2 Å². The van der Waals surface area contributed by atoms with Gasteiger partial charge in [0.15, 0.2) is 0 Å². The Hall–Kier alpha value is -4.05. The van der Waals surface area contributed by atoms with E-state index in [-0.39, 0.29) is 48.0 Å². The summed E-state index contributed by atoms with van der Waals surface area (Å²) in [4.78, 5) is 22.1. The van der Waals surface area contributed by atoms with Crippen LogP contribution in [-0.2, 0) is 11.2 Å². The molecule has 1 aliphatic rings. The van der Waals surface area contributed by atoms with Gasteiger partial charge in [-0.2, -0.15) is 13.2 Å². The molecule has 4 rings (SSSR count). The molecule has 2 N–H and O–H groups in total. The zero-order valence-electron chi connectivity index (χ0n) is 20.8. The minimum atomic E-state index is -4.69. The van der Waals surface area contributed by atoms with Crippen molar-refractivity contribution in [3.05, 3.63) is 89.9 Å². The van der Waals surface area contributed by atoms with Crippen molar-refractivity contribution in [3.8, 4) is 0 Å². The van der Waals surface area contributed by atoms with Gasteiger partial charge in [-0.15, -0.1) is 0 Å². The number of nitrogens with one attached hydrogen (secondary N) is 2. The number of hydrogen-bond donors (Lipinski definition) is 2. The standard InChI is InChI=1S/C28H27F4N5O/c1-18(28(30,31)32)27-21-6-3-7-24(36-25-10-14-37(2)17-23(25)29)22(21)16-20(35-27)5-4-11-34-26(38)15-19-8-12-33-13-9-19/h3-9,12-13,16,36H,1,10-11,14-15,17H2,2H3,(H,34,38)/b5-4+. The molecular formula is C28H27F4N5O. The quantitative estimate of drug-likeness (QED) is 0.380. The number of aromatic nitrogens is 2. The first-order valence-corrected chi connectivity index (χ1v) is 12.0. The van der Waals surface area contributed by atoms with Crippen molar-refractivity contribution in [1.29, 1.82) is 0 Å². The van der Waals surface area contributed by atoms with E-state index in [9.17, 15) is 22.4 Å². The Kier molecular flexibility index (Phi) is 8.21. The molecule has 0 aliphatic carbocycles. The van der Waals surface area contributed by atoms with Gasteiger partial charge in [-0.05, 0) is 43.0 Å². The number of halogens is 4. The van der Waals surface area contributed by atoms with Crippen LogP contribution in [0, 0.1) is 0 Å². The van der Waals surface area contributed by atoms with Crippen LogP contribution < -0.4 is 10.6 Å². The van der Waals surface area contributed by atoms with Crippen LogP contribution in [0.15, 0.2) is 73.0 Å². The van der Waals surface area contributed by atoms with Crippen molar-refractivity contribution in [2.24, 2.45) is 0 Å². The molecule has 1 aromatic carbocycles. The number of allylic oxidation sites excluding steroid dienone is 1. The van der Waals surface area contributed by atoms with E-state index >= 15 is 0 Å². The molecule has 38 heavy (non-hydrogen) atoms. The molecule has 6 nitrogen and oxygen atoms in total. The maximum Gasteiger partial charge on any atom is 0.417 e. The monoisotopic (exact) mass is 525 g/mol. The Morgan fingerprint density at radius 3 is 2.66 bits per heavy atom. The van der Waals surface area contributed by atoms with Crippen LogP contribution in [-0.4, -0.2) is 53.6 Å². The third kappa shape index (κ3) is 6.63. The van der Waals surface area contributed by atoms with Crippen molar-refractivity contribution in [2.45, 2.75) is 19.0 Å². The van der Waals surface area contributed by atoms with Gasteiger partial charge in [0.05, 0.1) is 29.9 Å². The lowest BCUT2D eigenvalue weighted by molar-refractivity contribution is -0.120. The SMILES string of the molecule is C=C(c1nc(/C=C/CNC(=O)Cc2ccncc2)cc2c(NC3=C(F)CN(C)CC3)cccc12)C(F)(F)F. The van der Waals surface area contributed by atoms with Gasteiger partial charge in [-0.1, -0.05) is 24.8 Å². The molecule has 3 aromatic rings. The minimum Gasteiger partial charge on any atom is -0.356 e. The topological polar surface area (TPSA) is 70.1 Å². The number of carbonyl (C=O) groups excluding carboxylic acids is 1. The summed E-state index contributed by atoms with van der Waals surface area (Å²) >= 11 is 0. The predicted molar refractivity (Wildman–Crippen MR) is 141 cm³/mol. The first kappa shape index (κ1) is 27.0. The molecule has 10 heteroatoms. The van der Waals surface area contributed by atoms with Gasteiger partial charge in [-0.25, -0.2) is 9.37 Å². The summed E-state index contributed by atoms with van der Waals surface area (Å²) in [6, 6.07) is 9.93. The minimum absolute atomic E-state index is 0.157. The van der Waals surface area contributed by atoms with Crippen LogP contribution >= 0.6 is 0 Å². The summed E-state index contributed by atoms with van der Waals surface area (Å²) in [6.07, 6.45) is 2.27. The fourth-order valence-corrected chi connectivity index (χ4v) is 4.10. The molecule has 0 radical (unpaired) electrons. The summed E-state index contributed by atoms with van der Waals surface area (Å²) in [5, 5.41) is 6.52. The second kappa shape index (κ2) is 11.6. The van der Waals surface area contributed by atoms with Gasteiger partial charge >= 0.3 is 6.18 Å². The van der Waals surface area contributed by atoms with E-state index in [4.69, 9.17) is 0 Å². The second-order valence-corrected chi connectivity index (χ2v) is 9.01. The molecule has 3 heterocycles. The number of carbonyl (C=O) groups is 1. The lowest BCUT2D eigenvalue weighted by Gasteiger charge is -2.25. The molecule has 0 bridgehead atoms. The molecule has 1 amide bonds. The number of benzene rings is 1. The molecular weight excluding hydrogens is 498 g/mol. The third-order valence-electron chi connectivity index (χ3n) is 6.11.